The number of carbonyl (C=O) groups is 1. The SMILES string of the molecule is CC(C)(C)c1ccc(NC(=O)c2cc(S(=O)(=O)N3CCOCC3)ccc2Br)cc1. The van der Waals surface area contributed by atoms with Gasteiger partial charge in [-0.2, -0.15) is 4.31 Å². The van der Waals surface area contributed by atoms with Gasteiger partial charge in [-0.3, -0.25) is 4.79 Å². The van der Waals surface area contributed by atoms with Crippen LogP contribution in [0, 0.1) is 0 Å². The second kappa shape index (κ2) is 8.55. The fraction of sp³-hybridized carbons (Fsp3) is 0.381. The van der Waals surface area contributed by atoms with Gasteiger partial charge in [0.25, 0.3) is 5.91 Å². The van der Waals surface area contributed by atoms with Crippen LogP contribution in [0.5, 0.6) is 0 Å². The second-order valence-corrected chi connectivity index (χ2v) is 10.7. The number of halogens is 1. The molecule has 1 aliphatic rings. The molecule has 1 heterocycles. The number of carbonyl (C=O) groups excluding carboxylic acids is 1. The number of benzene rings is 2. The lowest BCUT2D eigenvalue weighted by Gasteiger charge is -2.26. The summed E-state index contributed by atoms with van der Waals surface area (Å²) in [5.74, 6) is -0.376. The lowest BCUT2D eigenvalue weighted by atomic mass is 9.87. The fourth-order valence-corrected chi connectivity index (χ4v) is 4.89. The van der Waals surface area contributed by atoms with Crippen molar-refractivity contribution >= 4 is 37.5 Å². The highest BCUT2D eigenvalue weighted by molar-refractivity contribution is 9.10. The molecule has 0 aliphatic carbocycles. The van der Waals surface area contributed by atoms with Gasteiger partial charge >= 0.3 is 0 Å². The van der Waals surface area contributed by atoms with Gasteiger partial charge in [-0.1, -0.05) is 32.9 Å². The Hall–Kier alpha value is -1.74. The third-order valence-electron chi connectivity index (χ3n) is 4.80. The van der Waals surface area contributed by atoms with E-state index in [0.717, 1.165) is 5.56 Å². The zero-order chi connectivity index (χ0) is 21.2. The van der Waals surface area contributed by atoms with Gasteiger partial charge in [0, 0.05) is 23.2 Å². The van der Waals surface area contributed by atoms with Crippen LogP contribution in [0.2, 0.25) is 0 Å². The first-order valence-electron chi connectivity index (χ1n) is 9.38. The Bertz CT molecular complexity index is 992. The van der Waals surface area contributed by atoms with Crippen molar-refractivity contribution in [2.24, 2.45) is 0 Å². The van der Waals surface area contributed by atoms with Crippen molar-refractivity contribution in [3.05, 3.63) is 58.1 Å². The van der Waals surface area contributed by atoms with Crippen molar-refractivity contribution in [3.8, 4) is 0 Å². The van der Waals surface area contributed by atoms with Crippen LogP contribution in [0.3, 0.4) is 0 Å². The predicted molar refractivity (Wildman–Crippen MR) is 117 cm³/mol. The monoisotopic (exact) mass is 480 g/mol. The van der Waals surface area contributed by atoms with Crippen molar-refractivity contribution in [1.82, 2.24) is 4.31 Å². The molecule has 0 unspecified atom stereocenters. The van der Waals surface area contributed by atoms with Crippen LogP contribution >= 0.6 is 15.9 Å². The zero-order valence-corrected chi connectivity index (χ0v) is 19.1. The van der Waals surface area contributed by atoms with E-state index in [0.29, 0.717) is 36.5 Å². The molecule has 0 atom stereocenters. The second-order valence-electron chi connectivity index (χ2n) is 7.94. The molecule has 29 heavy (non-hydrogen) atoms. The molecule has 0 radical (unpaired) electrons. The molecule has 1 fully saturated rings. The van der Waals surface area contributed by atoms with E-state index in [1.807, 2.05) is 24.3 Å². The van der Waals surface area contributed by atoms with Gasteiger partial charge in [0.2, 0.25) is 10.0 Å². The highest BCUT2D eigenvalue weighted by Gasteiger charge is 2.27. The maximum Gasteiger partial charge on any atom is 0.256 e. The summed E-state index contributed by atoms with van der Waals surface area (Å²) in [5, 5.41) is 2.84. The van der Waals surface area contributed by atoms with Crippen LogP contribution in [0.25, 0.3) is 0 Å². The largest absolute Gasteiger partial charge is 0.379 e. The Morgan fingerprint density at radius 2 is 1.69 bits per heavy atom. The lowest BCUT2D eigenvalue weighted by Crippen LogP contribution is -2.40. The first-order chi connectivity index (χ1) is 13.6. The molecule has 1 saturated heterocycles. The predicted octanol–water partition coefficient (Wildman–Crippen LogP) is 4.02. The summed E-state index contributed by atoms with van der Waals surface area (Å²) < 4.78 is 32.9. The quantitative estimate of drug-likeness (QED) is 0.716. The lowest BCUT2D eigenvalue weighted by molar-refractivity contribution is 0.0730. The number of nitrogens with zero attached hydrogens (tertiary/aromatic N) is 1. The Morgan fingerprint density at radius 3 is 2.28 bits per heavy atom. The van der Waals surface area contributed by atoms with Gasteiger partial charge in [-0.15, -0.1) is 0 Å². The Labute approximate surface area is 180 Å². The maximum absolute atomic E-state index is 12.9. The molecule has 156 valence electrons. The number of amides is 1. The van der Waals surface area contributed by atoms with Crippen LogP contribution < -0.4 is 5.32 Å². The molecule has 0 saturated carbocycles. The van der Waals surface area contributed by atoms with Crippen molar-refractivity contribution < 1.29 is 17.9 Å². The average Bonchev–Trinajstić information content (AvgIpc) is 2.68. The Kier molecular flexibility index (Phi) is 6.48. The fourth-order valence-electron chi connectivity index (χ4n) is 3.03. The average molecular weight is 481 g/mol. The van der Waals surface area contributed by atoms with Gasteiger partial charge in [0.05, 0.1) is 23.7 Å². The van der Waals surface area contributed by atoms with Crippen LogP contribution in [0.1, 0.15) is 36.7 Å². The van der Waals surface area contributed by atoms with E-state index in [4.69, 9.17) is 4.74 Å². The minimum atomic E-state index is -3.68. The minimum Gasteiger partial charge on any atom is -0.379 e. The topological polar surface area (TPSA) is 75.7 Å². The number of ether oxygens (including phenoxy) is 1. The Morgan fingerprint density at radius 1 is 1.07 bits per heavy atom. The number of rotatable bonds is 4. The molecule has 8 heteroatoms. The maximum atomic E-state index is 12.9. The number of anilines is 1. The minimum absolute atomic E-state index is 0.0216. The number of morpholine rings is 1. The molecule has 0 spiro atoms. The van der Waals surface area contributed by atoms with Gasteiger partial charge in [-0.05, 0) is 57.2 Å². The van der Waals surface area contributed by atoms with E-state index in [2.05, 4.69) is 42.0 Å². The van der Waals surface area contributed by atoms with E-state index in [9.17, 15) is 13.2 Å². The molecule has 2 aromatic carbocycles. The summed E-state index contributed by atoms with van der Waals surface area (Å²) in [7, 11) is -3.68. The van der Waals surface area contributed by atoms with Crippen molar-refractivity contribution in [3.63, 3.8) is 0 Å². The van der Waals surface area contributed by atoms with Crippen LogP contribution in [-0.4, -0.2) is 44.9 Å². The summed E-state index contributed by atoms with van der Waals surface area (Å²) in [6, 6.07) is 12.2. The summed E-state index contributed by atoms with van der Waals surface area (Å²) in [5.41, 5.74) is 2.10. The molecular formula is C21H25BrN2O4S. The standard InChI is InChI=1S/C21H25BrN2O4S/c1-21(2,3)15-4-6-16(7-5-15)23-20(25)18-14-17(8-9-19(18)22)29(26,27)24-10-12-28-13-11-24/h4-9,14H,10-13H2,1-3H3,(H,23,25). The molecule has 0 bridgehead atoms. The van der Waals surface area contributed by atoms with E-state index < -0.39 is 10.0 Å². The van der Waals surface area contributed by atoms with Crippen molar-refractivity contribution in [2.75, 3.05) is 31.6 Å². The molecule has 3 rings (SSSR count). The Balaban J connectivity index is 1.83. The van der Waals surface area contributed by atoms with Crippen LogP contribution in [0.4, 0.5) is 5.69 Å². The highest BCUT2D eigenvalue weighted by Crippen LogP contribution is 2.26. The molecule has 0 aromatic heterocycles. The molecule has 6 nitrogen and oxygen atoms in total. The molecule has 1 N–H and O–H groups in total. The normalized spacial score (nSPS) is 15.9. The van der Waals surface area contributed by atoms with E-state index in [1.165, 1.54) is 16.4 Å². The third-order valence-corrected chi connectivity index (χ3v) is 7.39. The number of nitrogens with one attached hydrogen (secondary N) is 1. The number of hydrogen-bond acceptors (Lipinski definition) is 4. The summed E-state index contributed by atoms with van der Waals surface area (Å²) in [6.07, 6.45) is 0. The molecule has 2 aromatic rings. The van der Waals surface area contributed by atoms with Gasteiger partial charge in [0.15, 0.2) is 0 Å². The first-order valence-corrected chi connectivity index (χ1v) is 11.6. The number of sulfonamides is 1. The third kappa shape index (κ3) is 5.06. The van der Waals surface area contributed by atoms with E-state index in [-0.39, 0.29) is 21.8 Å². The van der Waals surface area contributed by atoms with Gasteiger partial charge in [0.1, 0.15) is 0 Å². The zero-order valence-electron chi connectivity index (χ0n) is 16.7. The molecule has 1 amide bonds. The van der Waals surface area contributed by atoms with Gasteiger partial charge in [-0.25, -0.2) is 8.42 Å². The summed E-state index contributed by atoms with van der Waals surface area (Å²) in [6.45, 7) is 7.72. The summed E-state index contributed by atoms with van der Waals surface area (Å²) >= 11 is 3.36. The first kappa shape index (κ1) is 22.0. The van der Waals surface area contributed by atoms with Gasteiger partial charge < -0.3 is 10.1 Å². The van der Waals surface area contributed by atoms with Crippen molar-refractivity contribution in [1.29, 1.82) is 0 Å². The van der Waals surface area contributed by atoms with Crippen molar-refractivity contribution in [2.45, 2.75) is 31.1 Å². The highest BCUT2D eigenvalue weighted by atomic mass is 79.9. The molecular weight excluding hydrogens is 456 g/mol. The van der Waals surface area contributed by atoms with E-state index in [1.54, 1.807) is 6.07 Å². The van der Waals surface area contributed by atoms with Crippen LogP contribution in [-0.2, 0) is 20.2 Å². The number of hydrogen-bond donors (Lipinski definition) is 1. The summed E-state index contributed by atoms with van der Waals surface area (Å²) in [4.78, 5) is 12.9. The smallest absolute Gasteiger partial charge is 0.256 e. The van der Waals surface area contributed by atoms with Crippen LogP contribution in [0.15, 0.2) is 51.8 Å². The molecule has 1 aliphatic heterocycles. The van der Waals surface area contributed by atoms with E-state index >= 15 is 0 Å².